The molecular weight excluding hydrogens is 431 g/mol. The lowest BCUT2D eigenvalue weighted by atomic mass is 9.71. The molecule has 1 saturated carbocycles. The van der Waals surface area contributed by atoms with Crippen LogP contribution in [0, 0.1) is 5.92 Å². The van der Waals surface area contributed by atoms with Crippen LogP contribution >= 0.6 is 0 Å². The SMILES string of the molecule is CS(=O)(=O)N1C2CCC1c1cc(C3(N)NC=C(C(F)(F)F)C(N)(C4CCC4)N3)ccc12. The van der Waals surface area contributed by atoms with Gasteiger partial charge in [-0.1, -0.05) is 18.6 Å². The van der Waals surface area contributed by atoms with Crippen LogP contribution in [0.15, 0.2) is 30.0 Å². The van der Waals surface area contributed by atoms with Gasteiger partial charge in [-0.05, 0) is 48.8 Å². The van der Waals surface area contributed by atoms with Crippen LogP contribution in [-0.4, -0.2) is 30.8 Å². The largest absolute Gasteiger partial charge is 0.417 e. The number of sulfonamides is 1. The number of hydrogen-bond acceptors (Lipinski definition) is 6. The van der Waals surface area contributed by atoms with Gasteiger partial charge in [-0.25, -0.2) is 8.42 Å². The molecule has 6 N–H and O–H groups in total. The Morgan fingerprint density at radius 3 is 2.29 bits per heavy atom. The van der Waals surface area contributed by atoms with Gasteiger partial charge in [0, 0.05) is 11.8 Å². The molecule has 1 saturated heterocycles. The first kappa shape index (κ1) is 21.2. The topological polar surface area (TPSA) is 113 Å². The number of hydrogen-bond donors (Lipinski definition) is 4. The first-order valence-electron chi connectivity index (χ1n) is 10.4. The smallest absolute Gasteiger partial charge is 0.357 e. The van der Waals surface area contributed by atoms with Crippen LogP contribution in [0.2, 0.25) is 0 Å². The second kappa shape index (κ2) is 6.44. The quantitative estimate of drug-likeness (QED) is 0.552. The number of halogens is 3. The van der Waals surface area contributed by atoms with Crippen LogP contribution in [0.4, 0.5) is 13.2 Å². The lowest BCUT2D eigenvalue weighted by Gasteiger charge is -2.52. The Morgan fingerprint density at radius 2 is 1.74 bits per heavy atom. The van der Waals surface area contributed by atoms with Gasteiger partial charge in [-0.3, -0.25) is 11.1 Å². The number of alkyl halides is 3. The third-order valence-corrected chi connectivity index (χ3v) is 8.59. The summed E-state index contributed by atoms with van der Waals surface area (Å²) in [4.78, 5) is 0. The van der Waals surface area contributed by atoms with E-state index in [4.69, 9.17) is 11.5 Å². The van der Waals surface area contributed by atoms with Crippen molar-refractivity contribution in [2.75, 3.05) is 6.26 Å². The molecule has 0 radical (unpaired) electrons. The van der Waals surface area contributed by atoms with Gasteiger partial charge in [-0.2, -0.15) is 17.5 Å². The molecule has 7 nitrogen and oxygen atoms in total. The van der Waals surface area contributed by atoms with Crippen molar-refractivity contribution >= 4 is 10.0 Å². The highest BCUT2D eigenvalue weighted by Crippen LogP contribution is 2.55. The third-order valence-electron chi connectivity index (χ3n) is 7.32. The zero-order chi connectivity index (χ0) is 22.4. The van der Waals surface area contributed by atoms with Crippen molar-refractivity contribution in [3.8, 4) is 0 Å². The predicted octanol–water partition coefficient (Wildman–Crippen LogP) is 2.00. The van der Waals surface area contributed by atoms with Gasteiger partial charge in [0.15, 0.2) is 5.79 Å². The molecule has 4 atom stereocenters. The van der Waals surface area contributed by atoms with Crippen molar-refractivity contribution in [1.82, 2.24) is 14.9 Å². The summed E-state index contributed by atoms with van der Waals surface area (Å²) in [6.07, 6.45) is 0.937. The summed E-state index contributed by atoms with van der Waals surface area (Å²) in [5.41, 5.74) is 12.5. The lowest BCUT2D eigenvalue weighted by Crippen LogP contribution is -2.77. The molecule has 1 aromatic rings. The Labute approximate surface area is 179 Å². The minimum Gasteiger partial charge on any atom is -0.357 e. The number of nitrogens with two attached hydrogens (primary N) is 2. The van der Waals surface area contributed by atoms with Crippen molar-refractivity contribution in [2.45, 2.75) is 61.8 Å². The minimum absolute atomic E-state index is 0.203. The second-order valence-electron chi connectivity index (χ2n) is 9.18. The molecular formula is C20H26F3N5O2S. The van der Waals surface area contributed by atoms with Crippen LogP contribution in [0.25, 0.3) is 0 Å². The molecule has 4 aliphatic rings. The molecule has 31 heavy (non-hydrogen) atoms. The summed E-state index contributed by atoms with van der Waals surface area (Å²) in [5.74, 6) is -1.90. The van der Waals surface area contributed by atoms with Crippen LogP contribution in [0.3, 0.4) is 0 Å². The molecule has 0 amide bonds. The Kier molecular flexibility index (Phi) is 4.41. The summed E-state index contributed by atoms with van der Waals surface area (Å²) in [7, 11) is -3.39. The van der Waals surface area contributed by atoms with Gasteiger partial charge in [0.25, 0.3) is 0 Å². The molecule has 1 aliphatic carbocycles. The lowest BCUT2D eigenvalue weighted by molar-refractivity contribution is -0.115. The first-order valence-corrected chi connectivity index (χ1v) is 12.2. The summed E-state index contributed by atoms with van der Waals surface area (Å²) in [6, 6.07) is 4.87. The number of nitrogens with zero attached hydrogens (tertiary/aromatic N) is 1. The second-order valence-corrected chi connectivity index (χ2v) is 11.1. The number of nitrogens with one attached hydrogen (secondary N) is 2. The van der Waals surface area contributed by atoms with Crippen LogP contribution in [0.1, 0.15) is 60.9 Å². The molecule has 3 heterocycles. The average molecular weight is 458 g/mol. The van der Waals surface area contributed by atoms with Gasteiger partial charge in [-0.15, -0.1) is 0 Å². The normalized spacial score (nSPS) is 36.0. The maximum absolute atomic E-state index is 13.7. The Bertz CT molecular complexity index is 1070. The fourth-order valence-corrected chi connectivity index (χ4v) is 7.00. The van der Waals surface area contributed by atoms with Crippen molar-refractivity contribution in [2.24, 2.45) is 17.4 Å². The van der Waals surface area contributed by atoms with Gasteiger partial charge in [0.2, 0.25) is 10.0 Å². The standard InChI is InChI=1S/C20H26F3N5O2S/c1-31(29,30)28-15-7-8-16(28)14-9-12(5-6-13(14)15)20(25)26-10-17(19(21,22)23)18(24,27-20)11-3-2-4-11/h5-6,9-11,15-16,26-27H,2-4,7-8,24-25H2,1H3. The molecule has 1 aromatic carbocycles. The fraction of sp³-hybridized carbons (Fsp3) is 0.600. The van der Waals surface area contributed by atoms with Gasteiger partial charge >= 0.3 is 6.18 Å². The molecule has 4 unspecified atom stereocenters. The molecule has 170 valence electrons. The van der Waals surface area contributed by atoms with Crippen LogP contribution < -0.4 is 22.1 Å². The fourth-order valence-electron chi connectivity index (χ4n) is 5.64. The minimum atomic E-state index is -4.60. The highest BCUT2D eigenvalue weighted by molar-refractivity contribution is 7.88. The summed E-state index contributed by atoms with van der Waals surface area (Å²) < 4.78 is 67.2. The van der Waals surface area contributed by atoms with E-state index in [1.165, 1.54) is 10.6 Å². The monoisotopic (exact) mass is 457 g/mol. The Hall–Kier alpha value is -1.66. The number of rotatable bonds is 3. The molecule has 11 heteroatoms. The van der Waals surface area contributed by atoms with Gasteiger partial charge in [0.1, 0.15) is 5.66 Å². The molecule has 2 bridgehead atoms. The molecule has 0 aromatic heterocycles. The Balaban J connectivity index is 1.54. The van der Waals surface area contributed by atoms with E-state index < -0.39 is 33.2 Å². The van der Waals surface area contributed by atoms with Crippen LogP contribution in [-0.2, 0) is 15.8 Å². The van der Waals surface area contributed by atoms with Crippen molar-refractivity contribution in [1.29, 1.82) is 0 Å². The van der Waals surface area contributed by atoms with Crippen molar-refractivity contribution < 1.29 is 21.6 Å². The maximum Gasteiger partial charge on any atom is 0.417 e. The van der Waals surface area contributed by atoms with E-state index in [2.05, 4.69) is 10.6 Å². The highest BCUT2D eigenvalue weighted by Gasteiger charge is 2.57. The van der Waals surface area contributed by atoms with E-state index in [0.29, 0.717) is 24.8 Å². The zero-order valence-electron chi connectivity index (χ0n) is 17.0. The number of benzene rings is 1. The molecule has 2 fully saturated rings. The highest BCUT2D eigenvalue weighted by atomic mass is 32.2. The summed E-state index contributed by atoms with van der Waals surface area (Å²) in [5, 5.41) is 5.56. The number of fused-ring (bicyclic) bond motifs is 5. The molecule has 3 aliphatic heterocycles. The maximum atomic E-state index is 13.7. The van der Waals surface area contributed by atoms with Crippen molar-refractivity contribution in [3.63, 3.8) is 0 Å². The van der Waals surface area contributed by atoms with Crippen molar-refractivity contribution in [3.05, 3.63) is 46.7 Å². The average Bonchev–Trinajstić information content (AvgIpc) is 3.15. The van der Waals surface area contributed by atoms with Gasteiger partial charge in [0.05, 0.1) is 23.9 Å². The zero-order valence-corrected chi connectivity index (χ0v) is 17.9. The summed E-state index contributed by atoms with van der Waals surface area (Å²) in [6.45, 7) is 0. The summed E-state index contributed by atoms with van der Waals surface area (Å²) >= 11 is 0. The Morgan fingerprint density at radius 1 is 1.10 bits per heavy atom. The van der Waals surface area contributed by atoms with E-state index in [0.717, 1.165) is 30.2 Å². The van der Waals surface area contributed by atoms with Crippen LogP contribution in [0.5, 0.6) is 0 Å². The first-order chi connectivity index (χ1) is 14.3. The van der Waals surface area contributed by atoms with E-state index in [1.807, 2.05) is 6.07 Å². The van der Waals surface area contributed by atoms with E-state index in [1.54, 1.807) is 12.1 Å². The predicted molar refractivity (Wildman–Crippen MR) is 108 cm³/mol. The van der Waals surface area contributed by atoms with E-state index in [9.17, 15) is 21.6 Å². The van der Waals surface area contributed by atoms with E-state index in [-0.39, 0.29) is 18.0 Å². The molecule has 0 spiro atoms. The van der Waals surface area contributed by atoms with E-state index >= 15 is 0 Å². The third kappa shape index (κ3) is 3.05. The molecule has 5 rings (SSSR count). The van der Waals surface area contributed by atoms with Gasteiger partial charge < -0.3 is 11.1 Å².